The Kier molecular flexibility index (Phi) is 7.25. The van der Waals surface area contributed by atoms with Crippen molar-refractivity contribution in [2.75, 3.05) is 13.2 Å². The third-order valence-corrected chi connectivity index (χ3v) is 4.47. The minimum Gasteiger partial charge on any atom is -0.396 e. The van der Waals surface area contributed by atoms with E-state index in [4.69, 9.17) is 5.11 Å². The first-order chi connectivity index (χ1) is 8.54. The molecule has 0 heterocycles. The maximum absolute atomic E-state index is 8.70. The summed E-state index contributed by atoms with van der Waals surface area (Å²) in [6.45, 7) is 8.66. The number of hydrogen-bond acceptors (Lipinski definition) is 2. The Labute approximate surface area is 114 Å². The van der Waals surface area contributed by atoms with E-state index < -0.39 is 0 Å². The molecule has 0 bridgehead atoms. The molecule has 0 aromatic carbocycles. The molecule has 2 N–H and O–H groups in total. The monoisotopic (exact) mass is 255 g/mol. The zero-order valence-electron chi connectivity index (χ0n) is 12.7. The van der Waals surface area contributed by atoms with E-state index in [1.165, 1.54) is 44.9 Å². The Bertz CT molecular complexity index is 202. The minimum absolute atomic E-state index is 0.351. The molecule has 0 atom stereocenters. The molecule has 1 aliphatic rings. The van der Waals surface area contributed by atoms with E-state index in [2.05, 4.69) is 26.1 Å². The molecule has 0 unspecified atom stereocenters. The average molecular weight is 255 g/mol. The molecule has 1 fully saturated rings. The average Bonchev–Trinajstić information content (AvgIpc) is 2.33. The molecule has 2 nitrogen and oxygen atoms in total. The van der Waals surface area contributed by atoms with E-state index in [0.717, 1.165) is 24.9 Å². The van der Waals surface area contributed by atoms with Crippen LogP contribution in [0.4, 0.5) is 0 Å². The topological polar surface area (TPSA) is 32.3 Å². The molecule has 0 spiro atoms. The molecule has 0 radical (unpaired) electrons. The standard InChI is InChI=1S/C16H33NO/c1-16(2,3)14-8-10-15(11-9-14)17-12-6-4-5-7-13-18/h14-15,17-18H,4-13H2,1-3H3. The second-order valence-electron chi connectivity index (χ2n) is 7.01. The third kappa shape index (κ3) is 6.19. The van der Waals surface area contributed by atoms with Gasteiger partial charge in [-0.2, -0.15) is 0 Å². The van der Waals surface area contributed by atoms with Crippen molar-refractivity contribution in [3.05, 3.63) is 0 Å². The zero-order chi connectivity index (χ0) is 13.4. The highest BCUT2D eigenvalue weighted by Gasteiger charge is 2.29. The fourth-order valence-electron chi connectivity index (χ4n) is 3.06. The van der Waals surface area contributed by atoms with Gasteiger partial charge in [0.1, 0.15) is 0 Å². The Morgan fingerprint density at radius 1 is 0.944 bits per heavy atom. The van der Waals surface area contributed by atoms with Gasteiger partial charge in [-0.3, -0.25) is 0 Å². The van der Waals surface area contributed by atoms with Crippen molar-refractivity contribution < 1.29 is 5.11 Å². The van der Waals surface area contributed by atoms with Crippen molar-refractivity contribution >= 4 is 0 Å². The van der Waals surface area contributed by atoms with E-state index in [1.54, 1.807) is 0 Å². The molecule has 0 amide bonds. The second kappa shape index (κ2) is 8.16. The summed E-state index contributed by atoms with van der Waals surface area (Å²) in [6.07, 6.45) is 10.2. The van der Waals surface area contributed by atoms with Crippen LogP contribution in [0.1, 0.15) is 72.1 Å². The summed E-state index contributed by atoms with van der Waals surface area (Å²) in [5.74, 6) is 0.917. The summed E-state index contributed by atoms with van der Waals surface area (Å²) >= 11 is 0. The maximum atomic E-state index is 8.70. The van der Waals surface area contributed by atoms with Gasteiger partial charge in [-0.15, -0.1) is 0 Å². The Morgan fingerprint density at radius 3 is 2.11 bits per heavy atom. The van der Waals surface area contributed by atoms with Gasteiger partial charge in [-0.25, -0.2) is 0 Å². The lowest BCUT2D eigenvalue weighted by atomic mass is 9.71. The molecule has 1 rings (SSSR count). The fraction of sp³-hybridized carbons (Fsp3) is 1.00. The first-order valence-corrected chi connectivity index (χ1v) is 7.88. The largest absolute Gasteiger partial charge is 0.396 e. The molecule has 18 heavy (non-hydrogen) atoms. The number of unbranched alkanes of at least 4 members (excludes halogenated alkanes) is 3. The highest BCUT2D eigenvalue weighted by atomic mass is 16.2. The van der Waals surface area contributed by atoms with Gasteiger partial charge in [0, 0.05) is 12.6 Å². The molecule has 108 valence electrons. The van der Waals surface area contributed by atoms with E-state index in [-0.39, 0.29) is 0 Å². The fourth-order valence-corrected chi connectivity index (χ4v) is 3.06. The molecular weight excluding hydrogens is 222 g/mol. The van der Waals surface area contributed by atoms with E-state index in [0.29, 0.717) is 12.0 Å². The van der Waals surface area contributed by atoms with Gasteiger partial charge >= 0.3 is 0 Å². The minimum atomic E-state index is 0.351. The molecule has 1 saturated carbocycles. The first-order valence-electron chi connectivity index (χ1n) is 7.88. The molecule has 2 heteroatoms. The molecule has 0 saturated heterocycles. The quantitative estimate of drug-likeness (QED) is 0.679. The molecule has 0 aromatic rings. The summed E-state index contributed by atoms with van der Waals surface area (Å²) in [5, 5.41) is 12.4. The van der Waals surface area contributed by atoms with Gasteiger partial charge in [-0.05, 0) is 56.4 Å². The number of aliphatic hydroxyl groups excluding tert-OH is 1. The summed E-state index contributed by atoms with van der Waals surface area (Å²) in [5.41, 5.74) is 0.495. The van der Waals surface area contributed by atoms with Crippen molar-refractivity contribution in [2.24, 2.45) is 11.3 Å². The van der Waals surface area contributed by atoms with Crippen molar-refractivity contribution in [1.29, 1.82) is 0 Å². The van der Waals surface area contributed by atoms with Crippen LogP contribution in [0.15, 0.2) is 0 Å². The lowest BCUT2D eigenvalue weighted by Crippen LogP contribution is -2.36. The van der Waals surface area contributed by atoms with Crippen LogP contribution in [0.25, 0.3) is 0 Å². The molecule has 0 aromatic heterocycles. The van der Waals surface area contributed by atoms with Crippen LogP contribution in [-0.2, 0) is 0 Å². The normalized spacial score (nSPS) is 25.3. The number of hydrogen-bond donors (Lipinski definition) is 2. The summed E-state index contributed by atoms with van der Waals surface area (Å²) in [6, 6.07) is 0.765. The Hall–Kier alpha value is -0.0800. The zero-order valence-corrected chi connectivity index (χ0v) is 12.7. The van der Waals surface area contributed by atoms with Crippen molar-refractivity contribution in [3.63, 3.8) is 0 Å². The van der Waals surface area contributed by atoms with Crippen LogP contribution >= 0.6 is 0 Å². The first kappa shape index (κ1) is 16.0. The van der Waals surface area contributed by atoms with Crippen LogP contribution in [0, 0.1) is 11.3 Å². The number of rotatable bonds is 7. The Morgan fingerprint density at radius 2 is 1.56 bits per heavy atom. The summed E-state index contributed by atoms with van der Waals surface area (Å²) in [4.78, 5) is 0. The van der Waals surface area contributed by atoms with Gasteiger partial charge in [0.15, 0.2) is 0 Å². The highest BCUT2D eigenvalue weighted by Crippen LogP contribution is 2.37. The van der Waals surface area contributed by atoms with E-state index >= 15 is 0 Å². The van der Waals surface area contributed by atoms with Crippen LogP contribution in [-0.4, -0.2) is 24.3 Å². The van der Waals surface area contributed by atoms with Crippen LogP contribution in [0.3, 0.4) is 0 Å². The van der Waals surface area contributed by atoms with E-state index in [1.807, 2.05) is 0 Å². The van der Waals surface area contributed by atoms with Crippen molar-refractivity contribution in [1.82, 2.24) is 5.32 Å². The van der Waals surface area contributed by atoms with Gasteiger partial charge in [0.25, 0.3) is 0 Å². The van der Waals surface area contributed by atoms with Crippen molar-refractivity contribution in [3.8, 4) is 0 Å². The van der Waals surface area contributed by atoms with Crippen LogP contribution in [0.5, 0.6) is 0 Å². The van der Waals surface area contributed by atoms with E-state index in [9.17, 15) is 0 Å². The van der Waals surface area contributed by atoms with Gasteiger partial charge in [0.05, 0.1) is 0 Å². The third-order valence-electron chi connectivity index (χ3n) is 4.47. The highest BCUT2D eigenvalue weighted by molar-refractivity contribution is 4.83. The lowest BCUT2D eigenvalue weighted by molar-refractivity contribution is 0.160. The van der Waals surface area contributed by atoms with Crippen LogP contribution in [0.2, 0.25) is 0 Å². The van der Waals surface area contributed by atoms with Crippen LogP contribution < -0.4 is 5.32 Å². The maximum Gasteiger partial charge on any atom is 0.0431 e. The SMILES string of the molecule is CC(C)(C)C1CCC(NCCCCCCO)CC1. The van der Waals surface area contributed by atoms with Gasteiger partial charge in [0.2, 0.25) is 0 Å². The molecular formula is C16H33NO. The van der Waals surface area contributed by atoms with Gasteiger partial charge < -0.3 is 10.4 Å². The predicted molar refractivity (Wildman–Crippen MR) is 78.8 cm³/mol. The molecule has 0 aliphatic heterocycles. The Balaban J connectivity index is 2.02. The second-order valence-corrected chi connectivity index (χ2v) is 7.01. The lowest BCUT2D eigenvalue weighted by Gasteiger charge is -2.37. The van der Waals surface area contributed by atoms with Crippen molar-refractivity contribution in [2.45, 2.75) is 78.2 Å². The smallest absolute Gasteiger partial charge is 0.0431 e. The number of aliphatic hydroxyl groups is 1. The number of nitrogens with one attached hydrogen (secondary N) is 1. The van der Waals surface area contributed by atoms with Gasteiger partial charge in [-0.1, -0.05) is 33.6 Å². The summed E-state index contributed by atoms with van der Waals surface area (Å²) in [7, 11) is 0. The molecule has 1 aliphatic carbocycles. The predicted octanol–water partition coefficient (Wildman–Crippen LogP) is 3.73. The summed E-state index contributed by atoms with van der Waals surface area (Å²) < 4.78 is 0.